The summed E-state index contributed by atoms with van der Waals surface area (Å²) in [6.45, 7) is 0.514. The Labute approximate surface area is 188 Å². The number of nitrogens with zero attached hydrogens (tertiary/aromatic N) is 1. The third kappa shape index (κ3) is 5.46. The number of hydrogen-bond donors (Lipinski definition) is 0. The van der Waals surface area contributed by atoms with Crippen LogP contribution < -0.4 is 9.47 Å². The minimum Gasteiger partial charge on any atom is -0.497 e. The first kappa shape index (κ1) is 23.7. The van der Waals surface area contributed by atoms with Gasteiger partial charge in [0.2, 0.25) is 15.8 Å². The highest BCUT2D eigenvalue weighted by molar-refractivity contribution is 7.89. The van der Waals surface area contributed by atoms with E-state index in [1.165, 1.54) is 48.9 Å². The number of rotatable bonds is 8. The minimum atomic E-state index is -3.60. The molecule has 172 valence electrons. The lowest BCUT2D eigenvalue weighted by Crippen LogP contribution is -2.31. The molecular formula is C23H27NO7S. The Balaban J connectivity index is 1.66. The fraction of sp³-hybridized carbons (Fsp3) is 0.391. The first-order chi connectivity index (χ1) is 15.4. The standard InChI is InChI=1S/C23H27NO7S/c1-29-18-9-12-22(30-2)20(15-18)21(25)16-31-23(26)17-7-10-19(11-8-17)32(27,28)24-13-5-3-4-6-14-24/h7-12,15H,3-6,13-14,16H2,1-2H3. The van der Waals surface area contributed by atoms with E-state index >= 15 is 0 Å². The van der Waals surface area contributed by atoms with Crippen molar-refractivity contribution in [3.05, 3.63) is 53.6 Å². The molecule has 2 aromatic rings. The van der Waals surface area contributed by atoms with Gasteiger partial charge < -0.3 is 14.2 Å². The molecular weight excluding hydrogens is 434 g/mol. The molecule has 1 heterocycles. The van der Waals surface area contributed by atoms with E-state index in [9.17, 15) is 18.0 Å². The predicted octanol–water partition coefficient (Wildman–Crippen LogP) is 3.31. The van der Waals surface area contributed by atoms with E-state index in [0.29, 0.717) is 24.6 Å². The maximum Gasteiger partial charge on any atom is 0.338 e. The van der Waals surface area contributed by atoms with Gasteiger partial charge in [0.05, 0.1) is 30.2 Å². The van der Waals surface area contributed by atoms with Gasteiger partial charge in [0.1, 0.15) is 11.5 Å². The van der Waals surface area contributed by atoms with Gasteiger partial charge in [-0.2, -0.15) is 4.31 Å². The molecule has 0 radical (unpaired) electrons. The molecule has 3 rings (SSSR count). The van der Waals surface area contributed by atoms with Crippen LogP contribution in [0.3, 0.4) is 0 Å². The van der Waals surface area contributed by atoms with E-state index in [4.69, 9.17) is 14.2 Å². The topological polar surface area (TPSA) is 99.2 Å². The maximum atomic E-state index is 12.8. The fourth-order valence-corrected chi connectivity index (χ4v) is 5.04. The van der Waals surface area contributed by atoms with Crippen molar-refractivity contribution in [2.24, 2.45) is 0 Å². The molecule has 0 N–H and O–H groups in total. The number of hydrogen-bond acceptors (Lipinski definition) is 7. The van der Waals surface area contributed by atoms with Crippen LogP contribution in [0, 0.1) is 0 Å². The van der Waals surface area contributed by atoms with Crippen LogP contribution in [-0.4, -0.2) is 58.4 Å². The monoisotopic (exact) mass is 461 g/mol. The Morgan fingerprint density at radius 2 is 1.56 bits per heavy atom. The van der Waals surface area contributed by atoms with Crippen LogP contribution in [-0.2, 0) is 14.8 Å². The average Bonchev–Trinajstić information content (AvgIpc) is 3.12. The zero-order chi connectivity index (χ0) is 23.1. The summed E-state index contributed by atoms with van der Waals surface area (Å²) in [6, 6.07) is 10.3. The summed E-state index contributed by atoms with van der Waals surface area (Å²) in [5, 5.41) is 0. The summed E-state index contributed by atoms with van der Waals surface area (Å²) < 4.78 is 42.6. The van der Waals surface area contributed by atoms with Crippen LogP contribution in [0.25, 0.3) is 0 Å². The molecule has 0 bridgehead atoms. The molecule has 0 spiro atoms. The zero-order valence-corrected chi connectivity index (χ0v) is 19.0. The molecule has 8 nitrogen and oxygen atoms in total. The lowest BCUT2D eigenvalue weighted by atomic mass is 10.1. The van der Waals surface area contributed by atoms with Gasteiger partial charge >= 0.3 is 5.97 Å². The molecule has 1 aliphatic rings. The van der Waals surface area contributed by atoms with Gasteiger partial charge in [-0.3, -0.25) is 4.79 Å². The van der Waals surface area contributed by atoms with E-state index in [1.807, 2.05) is 0 Å². The second kappa shape index (κ2) is 10.6. The Morgan fingerprint density at radius 3 is 2.16 bits per heavy atom. The third-order valence-corrected chi connectivity index (χ3v) is 7.25. The first-order valence-electron chi connectivity index (χ1n) is 10.4. The van der Waals surface area contributed by atoms with Crippen molar-refractivity contribution in [2.75, 3.05) is 33.9 Å². The van der Waals surface area contributed by atoms with Crippen molar-refractivity contribution in [3.8, 4) is 11.5 Å². The van der Waals surface area contributed by atoms with Crippen LogP contribution in [0.15, 0.2) is 47.4 Å². The number of sulfonamides is 1. The number of carbonyl (C=O) groups excluding carboxylic acids is 2. The number of Topliss-reactive ketones (excluding diaryl/α,β-unsaturated/α-hetero) is 1. The molecule has 0 saturated carbocycles. The minimum absolute atomic E-state index is 0.133. The second-order valence-corrected chi connectivity index (χ2v) is 9.35. The summed E-state index contributed by atoms with van der Waals surface area (Å²) >= 11 is 0. The van der Waals surface area contributed by atoms with Crippen LogP contribution in [0.5, 0.6) is 11.5 Å². The van der Waals surface area contributed by atoms with Gasteiger partial charge in [-0.25, -0.2) is 13.2 Å². The highest BCUT2D eigenvalue weighted by atomic mass is 32.2. The van der Waals surface area contributed by atoms with Crippen molar-refractivity contribution in [2.45, 2.75) is 30.6 Å². The Morgan fingerprint density at radius 1 is 0.906 bits per heavy atom. The molecule has 0 aromatic heterocycles. The fourth-order valence-electron chi connectivity index (χ4n) is 3.52. The average molecular weight is 462 g/mol. The Bertz CT molecular complexity index is 1060. The van der Waals surface area contributed by atoms with Gasteiger partial charge in [0.25, 0.3) is 0 Å². The van der Waals surface area contributed by atoms with E-state index in [2.05, 4.69) is 0 Å². The van der Waals surface area contributed by atoms with Crippen LogP contribution in [0.2, 0.25) is 0 Å². The van der Waals surface area contributed by atoms with Crippen LogP contribution >= 0.6 is 0 Å². The molecule has 9 heteroatoms. The predicted molar refractivity (Wildman–Crippen MR) is 118 cm³/mol. The smallest absolute Gasteiger partial charge is 0.338 e. The number of benzene rings is 2. The number of ether oxygens (including phenoxy) is 3. The quantitative estimate of drug-likeness (QED) is 0.439. The van der Waals surface area contributed by atoms with E-state index in [1.54, 1.807) is 12.1 Å². The van der Waals surface area contributed by atoms with Crippen LogP contribution in [0.1, 0.15) is 46.4 Å². The summed E-state index contributed by atoms with van der Waals surface area (Å²) in [5.74, 6) is -0.356. The largest absolute Gasteiger partial charge is 0.497 e. The van der Waals surface area contributed by atoms with Crippen molar-refractivity contribution in [1.82, 2.24) is 4.31 Å². The SMILES string of the molecule is COc1ccc(OC)c(C(=O)COC(=O)c2ccc(S(=O)(=O)N3CCCCCC3)cc2)c1. The molecule has 1 fully saturated rings. The number of esters is 1. The van der Waals surface area contributed by atoms with Gasteiger partial charge in [0.15, 0.2) is 6.61 Å². The lowest BCUT2D eigenvalue weighted by Gasteiger charge is -2.20. The van der Waals surface area contributed by atoms with Crippen molar-refractivity contribution in [3.63, 3.8) is 0 Å². The van der Waals surface area contributed by atoms with E-state index in [0.717, 1.165) is 25.7 Å². The van der Waals surface area contributed by atoms with E-state index in [-0.39, 0.29) is 16.0 Å². The zero-order valence-electron chi connectivity index (χ0n) is 18.2. The number of ketones is 1. The van der Waals surface area contributed by atoms with Gasteiger partial charge in [-0.05, 0) is 55.3 Å². The Kier molecular flexibility index (Phi) is 7.87. The molecule has 1 saturated heterocycles. The molecule has 0 unspecified atom stereocenters. The molecule has 2 aromatic carbocycles. The van der Waals surface area contributed by atoms with Gasteiger partial charge in [-0.15, -0.1) is 0 Å². The second-order valence-electron chi connectivity index (χ2n) is 7.41. The first-order valence-corrected chi connectivity index (χ1v) is 11.8. The number of methoxy groups -OCH3 is 2. The summed E-state index contributed by atoms with van der Waals surface area (Å²) in [7, 11) is -0.687. The molecule has 1 aliphatic heterocycles. The summed E-state index contributed by atoms with van der Waals surface area (Å²) in [5.41, 5.74) is 0.392. The molecule has 32 heavy (non-hydrogen) atoms. The van der Waals surface area contributed by atoms with Gasteiger partial charge in [-0.1, -0.05) is 12.8 Å². The van der Waals surface area contributed by atoms with Gasteiger partial charge in [0, 0.05) is 13.1 Å². The highest BCUT2D eigenvalue weighted by Gasteiger charge is 2.25. The Hall–Kier alpha value is -2.91. The van der Waals surface area contributed by atoms with Crippen molar-refractivity contribution in [1.29, 1.82) is 0 Å². The number of carbonyl (C=O) groups is 2. The third-order valence-electron chi connectivity index (χ3n) is 5.33. The summed E-state index contributed by atoms with van der Waals surface area (Å²) in [4.78, 5) is 25.0. The normalized spacial score (nSPS) is 14.9. The van der Waals surface area contributed by atoms with Crippen molar-refractivity contribution < 1.29 is 32.2 Å². The molecule has 0 atom stereocenters. The lowest BCUT2D eigenvalue weighted by molar-refractivity contribution is 0.0474. The summed E-state index contributed by atoms with van der Waals surface area (Å²) in [6.07, 6.45) is 3.74. The molecule has 0 amide bonds. The highest BCUT2D eigenvalue weighted by Crippen LogP contribution is 2.25. The van der Waals surface area contributed by atoms with E-state index < -0.39 is 28.4 Å². The molecule has 0 aliphatic carbocycles. The maximum absolute atomic E-state index is 12.8. The van der Waals surface area contributed by atoms with Crippen molar-refractivity contribution >= 4 is 21.8 Å². The van der Waals surface area contributed by atoms with Crippen LogP contribution in [0.4, 0.5) is 0 Å².